The monoisotopic (exact) mass is 628 g/mol. The summed E-state index contributed by atoms with van der Waals surface area (Å²) in [5, 5.41) is 4.59. The summed E-state index contributed by atoms with van der Waals surface area (Å²) in [6.45, 7) is 0. The maximum atomic E-state index is 2.46. The van der Waals surface area contributed by atoms with Gasteiger partial charge in [0, 0.05) is 45.8 Å². The van der Waals surface area contributed by atoms with Crippen molar-refractivity contribution in [1.82, 2.24) is 0 Å². The molecule has 10 rings (SSSR count). The second-order valence-corrected chi connectivity index (χ2v) is 15.5. The lowest BCUT2D eigenvalue weighted by Gasteiger charge is -2.15. The first kappa shape index (κ1) is 26.1. The second-order valence-electron chi connectivity index (χ2n) is 12.2. The molecule has 3 aliphatic rings. The van der Waals surface area contributed by atoms with Crippen molar-refractivity contribution >= 4 is 70.8 Å². The summed E-state index contributed by atoms with van der Waals surface area (Å²) < 4.78 is 4.12. The lowest BCUT2D eigenvalue weighted by molar-refractivity contribution is 0.881. The first-order valence-electron chi connectivity index (χ1n) is 15.7. The van der Waals surface area contributed by atoms with Crippen molar-refractivity contribution in [1.29, 1.82) is 0 Å². The number of aryl methyl sites for hydroxylation is 1. The highest BCUT2D eigenvalue weighted by molar-refractivity contribution is 8.00. The highest BCUT2D eigenvalue weighted by atomic mass is 32.2. The molecule has 45 heavy (non-hydrogen) atoms. The molecular formula is C42H28S3. The molecule has 2 atom stereocenters. The van der Waals surface area contributed by atoms with Crippen LogP contribution in [0.15, 0.2) is 132 Å². The maximum Gasteiger partial charge on any atom is 0.0433 e. The molecule has 214 valence electrons. The summed E-state index contributed by atoms with van der Waals surface area (Å²) >= 11 is 5.91. The predicted molar refractivity (Wildman–Crippen MR) is 199 cm³/mol. The highest BCUT2D eigenvalue weighted by Gasteiger charge is 2.33. The molecule has 0 N–H and O–H groups in total. The third-order valence-corrected chi connectivity index (χ3v) is 13.6. The molecular weight excluding hydrogens is 601 g/mol. The van der Waals surface area contributed by atoms with Gasteiger partial charge in [0.2, 0.25) is 0 Å². The molecule has 0 radical (unpaired) electrons. The summed E-state index contributed by atoms with van der Waals surface area (Å²) in [4.78, 5) is 2.86. The van der Waals surface area contributed by atoms with Gasteiger partial charge in [-0.1, -0.05) is 103 Å². The smallest absolute Gasteiger partial charge is 0.0433 e. The Bertz CT molecular complexity index is 2430. The number of hydrogen-bond acceptors (Lipinski definition) is 3. The van der Waals surface area contributed by atoms with E-state index in [-0.39, 0.29) is 0 Å². The Labute approximate surface area is 275 Å². The number of fused-ring (bicyclic) bond motifs is 9. The van der Waals surface area contributed by atoms with Gasteiger partial charge in [-0.2, -0.15) is 0 Å². The average molecular weight is 629 g/mol. The van der Waals surface area contributed by atoms with Crippen molar-refractivity contribution in [2.24, 2.45) is 0 Å². The van der Waals surface area contributed by atoms with Crippen LogP contribution >= 0.6 is 34.4 Å². The maximum absolute atomic E-state index is 2.46. The van der Waals surface area contributed by atoms with Gasteiger partial charge in [-0.3, -0.25) is 0 Å². The van der Waals surface area contributed by atoms with E-state index in [9.17, 15) is 0 Å². The summed E-state index contributed by atoms with van der Waals surface area (Å²) in [7, 11) is 0. The molecule has 2 aromatic heterocycles. The van der Waals surface area contributed by atoms with Gasteiger partial charge in [-0.25, -0.2) is 0 Å². The van der Waals surface area contributed by atoms with Crippen molar-refractivity contribution in [3.63, 3.8) is 0 Å². The van der Waals surface area contributed by atoms with Gasteiger partial charge in [0.1, 0.15) is 0 Å². The fourth-order valence-electron chi connectivity index (χ4n) is 7.59. The molecule has 3 heteroatoms. The first-order chi connectivity index (χ1) is 22.3. The number of thiophene rings is 2. The van der Waals surface area contributed by atoms with Crippen LogP contribution in [0.4, 0.5) is 0 Å². The minimum absolute atomic E-state index is 0.448. The average Bonchev–Trinajstić information content (AvgIpc) is 3.79. The number of hydrogen-bond donors (Lipinski definition) is 0. The molecule has 5 aromatic carbocycles. The lowest BCUT2D eigenvalue weighted by atomic mass is 9.88. The van der Waals surface area contributed by atoms with Crippen molar-refractivity contribution < 1.29 is 0 Å². The van der Waals surface area contributed by atoms with Gasteiger partial charge >= 0.3 is 0 Å². The Morgan fingerprint density at radius 1 is 0.600 bits per heavy atom. The molecule has 2 aliphatic carbocycles. The van der Waals surface area contributed by atoms with E-state index < -0.39 is 0 Å². The normalized spacial score (nSPS) is 18.1. The van der Waals surface area contributed by atoms with Crippen molar-refractivity contribution in [3.05, 3.63) is 143 Å². The molecule has 1 aliphatic heterocycles. The number of rotatable bonds is 3. The Balaban J connectivity index is 1.24. The van der Waals surface area contributed by atoms with Crippen LogP contribution < -0.4 is 0 Å². The van der Waals surface area contributed by atoms with Crippen LogP contribution in [0, 0.1) is 0 Å². The minimum atomic E-state index is 0.448. The quantitative estimate of drug-likeness (QED) is 0.188. The van der Waals surface area contributed by atoms with Gasteiger partial charge in [-0.05, 0) is 93.1 Å². The highest BCUT2D eigenvalue weighted by Crippen LogP contribution is 2.53. The zero-order valence-electron chi connectivity index (χ0n) is 24.5. The number of thioether (sulfide) groups is 1. The van der Waals surface area contributed by atoms with E-state index in [0.717, 1.165) is 12.8 Å². The third kappa shape index (κ3) is 4.04. The van der Waals surface area contributed by atoms with Crippen molar-refractivity contribution in [3.8, 4) is 33.4 Å². The van der Waals surface area contributed by atoms with Gasteiger partial charge in [0.15, 0.2) is 0 Å². The molecule has 2 unspecified atom stereocenters. The van der Waals surface area contributed by atoms with E-state index in [1.54, 1.807) is 0 Å². The zero-order chi connectivity index (χ0) is 29.5. The lowest BCUT2D eigenvalue weighted by Crippen LogP contribution is -2.06. The van der Waals surface area contributed by atoms with Crippen LogP contribution in [0.1, 0.15) is 28.3 Å². The Morgan fingerprint density at radius 2 is 1.29 bits per heavy atom. The Morgan fingerprint density at radius 3 is 2.16 bits per heavy atom. The summed E-state index contributed by atoms with van der Waals surface area (Å²) in [6.07, 6.45) is 16.1. The van der Waals surface area contributed by atoms with Crippen LogP contribution in [0.2, 0.25) is 0 Å². The van der Waals surface area contributed by atoms with Gasteiger partial charge in [0.25, 0.3) is 0 Å². The first-order valence-corrected chi connectivity index (χ1v) is 18.2. The van der Waals surface area contributed by atoms with Crippen molar-refractivity contribution in [2.45, 2.75) is 28.9 Å². The number of benzene rings is 5. The van der Waals surface area contributed by atoms with Crippen LogP contribution in [-0.2, 0) is 6.42 Å². The van der Waals surface area contributed by atoms with E-state index in [2.05, 4.69) is 134 Å². The van der Waals surface area contributed by atoms with E-state index in [1.165, 1.54) is 84.5 Å². The summed E-state index contributed by atoms with van der Waals surface area (Å²) in [5.41, 5.74) is 10.9. The van der Waals surface area contributed by atoms with E-state index in [0.29, 0.717) is 11.2 Å². The molecule has 0 amide bonds. The van der Waals surface area contributed by atoms with Gasteiger partial charge in [0.05, 0.1) is 0 Å². The van der Waals surface area contributed by atoms with Gasteiger partial charge < -0.3 is 0 Å². The van der Waals surface area contributed by atoms with Crippen LogP contribution in [0.5, 0.6) is 0 Å². The Hall–Kier alpha value is -4.15. The number of allylic oxidation sites excluding steroid dienone is 4. The summed E-state index contributed by atoms with van der Waals surface area (Å²) in [6, 6.07) is 36.9. The molecule has 0 fully saturated rings. The standard InChI is InChI=1S/C42H28S3/c1-4-19-37-31(10-1)34-16-7-13-28(40(34)43-37)25-22-26(29-14-8-17-35-32-11-2-5-20-38(32)44-41(29)35)24-27(23-25)30-15-9-18-36-33-12-3-6-21-39(33)45-42(30)36/h1-2,4-11,13-24,31,37H,3,12H2. The third-order valence-electron chi connectivity index (χ3n) is 9.69. The molecule has 0 saturated carbocycles. The zero-order valence-corrected chi connectivity index (χ0v) is 26.9. The Kier molecular flexibility index (Phi) is 5.91. The van der Waals surface area contributed by atoms with E-state index in [1.807, 2.05) is 34.4 Å². The molecule has 0 spiro atoms. The van der Waals surface area contributed by atoms with E-state index in [4.69, 9.17) is 0 Å². The molecule has 0 nitrogen and oxygen atoms in total. The largest absolute Gasteiger partial charge is 0.135 e. The van der Waals surface area contributed by atoms with Gasteiger partial charge in [-0.15, -0.1) is 34.4 Å². The topological polar surface area (TPSA) is 0 Å². The fraction of sp³-hybridized carbons (Fsp3) is 0.0952. The van der Waals surface area contributed by atoms with Crippen LogP contribution in [0.3, 0.4) is 0 Å². The SMILES string of the molecule is C1=CC2Sc3c(-c4cc(-c5cccc6c7c(sc56)C=CCC7)cc(-c5cccc6c5sc5ccccc56)c4)cccc3C2C=C1. The van der Waals surface area contributed by atoms with Crippen LogP contribution in [-0.4, -0.2) is 5.25 Å². The molecule has 7 aromatic rings. The summed E-state index contributed by atoms with van der Waals surface area (Å²) in [5.74, 6) is 0.448. The molecule has 0 bridgehead atoms. The van der Waals surface area contributed by atoms with Crippen molar-refractivity contribution in [2.75, 3.05) is 0 Å². The minimum Gasteiger partial charge on any atom is -0.135 e. The van der Waals surface area contributed by atoms with E-state index >= 15 is 0 Å². The molecule has 0 saturated heterocycles. The fourth-order valence-corrected chi connectivity index (χ4v) is 11.6. The van der Waals surface area contributed by atoms with Crippen LogP contribution in [0.25, 0.3) is 69.7 Å². The second kappa shape index (κ2) is 10.2. The molecule has 3 heterocycles. The predicted octanol–water partition coefficient (Wildman–Crippen LogP) is 12.9.